The van der Waals surface area contributed by atoms with E-state index < -0.39 is 10.0 Å². The van der Waals surface area contributed by atoms with Crippen LogP contribution >= 0.6 is 0 Å². The first-order chi connectivity index (χ1) is 17.8. The second-order valence-corrected chi connectivity index (χ2v) is 10.5. The van der Waals surface area contributed by atoms with Crippen LogP contribution in [0.3, 0.4) is 0 Å². The summed E-state index contributed by atoms with van der Waals surface area (Å²) in [5.41, 5.74) is 0.819. The Morgan fingerprint density at radius 2 is 1.54 bits per heavy atom. The summed E-state index contributed by atoms with van der Waals surface area (Å²) in [7, 11) is -3.50. The highest BCUT2D eigenvalue weighted by Crippen LogP contribution is 2.39. The van der Waals surface area contributed by atoms with E-state index in [0.29, 0.717) is 61.4 Å². The first-order valence-electron chi connectivity index (χ1n) is 12.6. The lowest BCUT2D eigenvalue weighted by Gasteiger charge is -2.35. The van der Waals surface area contributed by atoms with Crippen LogP contribution in [0.1, 0.15) is 37.6 Å². The Morgan fingerprint density at radius 1 is 0.946 bits per heavy atom. The molecule has 3 rings (SSSR count). The first kappa shape index (κ1) is 28.5. The molecule has 0 radical (unpaired) electrons. The number of hydrogen-bond donors (Lipinski definition) is 1. The number of amides is 1. The largest absolute Gasteiger partial charge is 0.490 e. The highest BCUT2D eigenvalue weighted by Gasteiger charge is 2.27. The summed E-state index contributed by atoms with van der Waals surface area (Å²) >= 11 is 0. The Morgan fingerprint density at radius 3 is 2.11 bits per heavy atom. The minimum Gasteiger partial charge on any atom is -0.490 e. The van der Waals surface area contributed by atoms with Crippen molar-refractivity contribution in [2.75, 3.05) is 63.2 Å². The minimum absolute atomic E-state index is 0.0926. The average Bonchev–Trinajstić information content (AvgIpc) is 2.89. The van der Waals surface area contributed by atoms with E-state index in [2.05, 4.69) is 5.32 Å². The third-order valence-electron chi connectivity index (χ3n) is 5.86. The van der Waals surface area contributed by atoms with Gasteiger partial charge in [-0.05, 0) is 51.5 Å². The molecule has 0 spiro atoms. The van der Waals surface area contributed by atoms with Crippen LogP contribution in [0, 0.1) is 5.82 Å². The van der Waals surface area contributed by atoms with Gasteiger partial charge in [0.1, 0.15) is 5.82 Å². The van der Waals surface area contributed by atoms with Crippen LogP contribution in [0.4, 0.5) is 10.1 Å². The third kappa shape index (κ3) is 7.48. The Bertz CT molecular complexity index is 1130. The molecule has 0 aliphatic carbocycles. The number of carbonyl (C=O) groups is 1. The highest BCUT2D eigenvalue weighted by atomic mass is 32.2. The summed E-state index contributed by atoms with van der Waals surface area (Å²) in [6, 6.07) is 9.68. The molecule has 9 nitrogen and oxygen atoms in total. The molecule has 0 bridgehead atoms. The molecule has 0 aromatic heterocycles. The molecule has 1 saturated heterocycles. The van der Waals surface area contributed by atoms with Crippen LogP contribution < -0.4 is 24.4 Å². The standard InChI is InChI=1S/C26H36FN3O6S/c1-4-34-23-18-20(19-24(35-5-2)25(23)36-6-3)26(31)28-12-9-17-37(32,33)30-15-13-29(14-16-30)22-11-8-7-10-21(22)27/h7-8,10-11,18-19H,4-6,9,12-17H2,1-3H3,(H,28,31). The van der Waals surface area contributed by atoms with Gasteiger partial charge in [0.2, 0.25) is 15.8 Å². The Hall–Kier alpha value is -3.05. The molecule has 2 aromatic carbocycles. The van der Waals surface area contributed by atoms with Crippen LogP contribution in [0.5, 0.6) is 17.2 Å². The number of halogens is 1. The van der Waals surface area contributed by atoms with Gasteiger partial charge in [-0.25, -0.2) is 12.8 Å². The molecular weight excluding hydrogens is 501 g/mol. The zero-order chi connectivity index (χ0) is 26.8. The van der Waals surface area contributed by atoms with E-state index in [-0.39, 0.29) is 43.5 Å². The summed E-state index contributed by atoms with van der Waals surface area (Å²) in [5, 5.41) is 2.78. The normalized spacial score (nSPS) is 14.3. The van der Waals surface area contributed by atoms with Crippen molar-refractivity contribution in [2.45, 2.75) is 27.2 Å². The number of piperazine rings is 1. The minimum atomic E-state index is -3.50. The van der Waals surface area contributed by atoms with Crippen molar-refractivity contribution in [1.29, 1.82) is 0 Å². The molecule has 0 saturated carbocycles. The number of rotatable bonds is 13. The van der Waals surface area contributed by atoms with Gasteiger partial charge in [0.15, 0.2) is 11.5 Å². The van der Waals surface area contributed by atoms with Gasteiger partial charge < -0.3 is 24.4 Å². The predicted molar refractivity (Wildman–Crippen MR) is 141 cm³/mol. The Balaban J connectivity index is 1.53. The molecule has 1 heterocycles. The lowest BCUT2D eigenvalue weighted by molar-refractivity contribution is 0.0952. The Labute approximate surface area is 218 Å². The van der Waals surface area contributed by atoms with Gasteiger partial charge in [-0.1, -0.05) is 12.1 Å². The fourth-order valence-electron chi connectivity index (χ4n) is 4.12. The van der Waals surface area contributed by atoms with Crippen molar-refractivity contribution < 1.29 is 31.8 Å². The number of nitrogens with one attached hydrogen (secondary N) is 1. The summed E-state index contributed by atoms with van der Waals surface area (Å²) in [6.07, 6.45) is 0.259. The number of sulfonamides is 1. The number of para-hydroxylation sites is 1. The molecule has 2 aromatic rings. The van der Waals surface area contributed by atoms with E-state index in [4.69, 9.17) is 14.2 Å². The maximum Gasteiger partial charge on any atom is 0.251 e. The smallest absolute Gasteiger partial charge is 0.251 e. The molecule has 1 amide bonds. The van der Waals surface area contributed by atoms with Crippen LogP contribution in [0.2, 0.25) is 0 Å². The maximum atomic E-state index is 14.0. The van der Waals surface area contributed by atoms with E-state index in [1.54, 1.807) is 30.3 Å². The monoisotopic (exact) mass is 537 g/mol. The molecule has 1 N–H and O–H groups in total. The SMILES string of the molecule is CCOc1cc(C(=O)NCCCS(=O)(=O)N2CCN(c3ccccc3F)CC2)cc(OCC)c1OCC. The quantitative estimate of drug-likeness (QED) is 0.392. The molecule has 0 atom stereocenters. The average molecular weight is 538 g/mol. The summed E-state index contributed by atoms with van der Waals surface area (Å²) < 4.78 is 58.1. The fraction of sp³-hybridized carbons (Fsp3) is 0.500. The van der Waals surface area contributed by atoms with Crippen molar-refractivity contribution in [3.05, 3.63) is 47.8 Å². The molecule has 37 heavy (non-hydrogen) atoms. The van der Waals surface area contributed by atoms with E-state index in [0.717, 1.165) is 0 Å². The summed E-state index contributed by atoms with van der Waals surface area (Å²) in [6.45, 7) is 8.32. The van der Waals surface area contributed by atoms with Gasteiger partial charge in [-0.2, -0.15) is 4.31 Å². The van der Waals surface area contributed by atoms with Crippen molar-refractivity contribution >= 4 is 21.6 Å². The number of nitrogens with zero attached hydrogens (tertiary/aromatic N) is 2. The van der Waals surface area contributed by atoms with E-state index in [1.165, 1.54) is 10.4 Å². The van der Waals surface area contributed by atoms with Crippen molar-refractivity contribution in [3.8, 4) is 17.2 Å². The second kappa shape index (κ2) is 13.5. The fourth-order valence-corrected chi connectivity index (χ4v) is 5.61. The van der Waals surface area contributed by atoms with Gasteiger partial charge in [-0.15, -0.1) is 0 Å². The van der Waals surface area contributed by atoms with Gasteiger partial charge in [-0.3, -0.25) is 4.79 Å². The summed E-state index contributed by atoms with van der Waals surface area (Å²) in [5.74, 6) is 0.508. The van der Waals surface area contributed by atoms with Gasteiger partial charge in [0.25, 0.3) is 5.91 Å². The predicted octanol–water partition coefficient (Wildman–Crippen LogP) is 3.29. The third-order valence-corrected chi connectivity index (χ3v) is 7.82. The lowest BCUT2D eigenvalue weighted by atomic mass is 10.1. The number of carbonyl (C=O) groups excluding carboxylic acids is 1. The molecule has 1 aliphatic heterocycles. The highest BCUT2D eigenvalue weighted by molar-refractivity contribution is 7.89. The topological polar surface area (TPSA) is 97.4 Å². The Kier molecular flexibility index (Phi) is 10.4. The molecule has 1 fully saturated rings. The van der Waals surface area contributed by atoms with E-state index in [9.17, 15) is 17.6 Å². The first-order valence-corrected chi connectivity index (χ1v) is 14.2. The van der Waals surface area contributed by atoms with Crippen molar-refractivity contribution in [2.24, 2.45) is 0 Å². The number of anilines is 1. The maximum absolute atomic E-state index is 14.0. The second-order valence-electron chi connectivity index (χ2n) is 8.36. The van der Waals surface area contributed by atoms with Gasteiger partial charge >= 0.3 is 0 Å². The summed E-state index contributed by atoms with van der Waals surface area (Å²) in [4.78, 5) is 14.6. The van der Waals surface area contributed by atoms with Crippen LogP contribution in [0.15, 0.2) is 36.4 Å². The zero-order valence-electron chi connectivity index (χ0n) is 21.7. The van der Waals surface area contributed by atoms with Crippen molar-refractivity contribution in [1.82, 2.24) is 9.62 Å². The van der Waals surface area contributed by atoms with Crippen molar-refractivity contribution in [3.63, 3.8) is 0 Å². The van der Waals surface area contributed by atoms with Crippen LogP contribution in [-0.4, -0.2) is 76.9 Å². The van der Waals surface area contributed by atoms with Gasteiger partial charge in [0.05, 0.1) is 31.3 Å². The van der Waals surface area contributed by atoms with Gasteiger partial charge in [0, 0.05) is 38.3 Å². The number of benzene rings is 2. The molecule has 204 valence electrons. The number of hydrogen-bond acceptors (Lipinski definition) is 7. The van der Waals surface area contributed by atoms with Crippen LogP contribution in [-0.2, 0) is 10.0 Å². The number of ether oxygens (including phenoxy) is 3. The zero-order valence-corrected chi connectivity index (χ0v) is 22.5. The van der Waals surface area contributed by atoms with E-state index >= 15 is 0 Å². The lowest BCUT2D eigenvalue weighted by Crippen LogP contribution is -2.49. The molecular formula is C26H36FN3O6S. The molecule has 1 aliphatic rings. The molecule has 0 unspecified atom stereocenters. The van der Waals surface area contributed by atoms with E-state index in [1.807, 2.05) is 25.7 Å². The van der Waals surface area contributed by atoms with Crippen LogP contribution in [0.25, 0.3) is 0 Å². The molecule has 11 heteroatoms.